The number of carbonyl (C=O) groups is 2. The molecule has 0 spiro atoms. The number of hydrogen-bond donors (Lipinski definition) is 2. The average Bonchev–Trinajstić information content (AvgIpc) is 2.45. The highest BCUT2D eigenvalue weighted by atomic mass is 32.2. The van der Waals surface area contributed by atoms with E-state index < -0.39 is 39.6 Å². The molecule has 0 bridgehead atoms. The van der Waals surface area contributed by atoms with Crippen LogP contribution in [-0.2, 0) is 24.3 Å². The summed E-state index contributed by atoms with van der Waals surface area (Å²) in [7, 11) is -3.86. The Morgan fingerprint density at radius 2 is 1.60 bits per heavy atom. The third-order valence-electron chi connectivity index (χ3n) is 3.18. The van der Waals surface area contributed by atoms with Crippen molar-refractivity contribution in [1.29, 1.82) is 0 Å². The number of carbonyl (C=O) groups excluding carboxylic acids is 2. The van der Waals surface area contributed by atoms with Crippen LogP contribution in [0.3, 0.4) is 0 Å². The second-order valence-corrected chi connectivity index (χ2v) is 8.69. The first kappa shape index (κ1) is 21.1. The van der Waals surface area contributed by atoms with E-state index in [-0.39, 0.29) is 4.90 Å². The summed E-state index contributed by atoms with van der Waals surface area (Å²) in [6, 6.07) is 5.10. The molecule has 0 aromatic heterocycles. The van der Waals surface area contributed by atoms with Gasteiger partial charge < -0.3 is 10.1 Å². The minimum absolute atomic E-state index is 0.0521. The van der Waals surface area contributed by atoms with Crippen LogP contribution in [0.2, 0.25) is 0 Å². The topological polar surface area (TPSA) is 102 Å². The van der Waals surface area contributed by atoms with E-state index in [9.17, 15) is 18.0 Å². The third-order valence-corrected chi connectivity index (χ3v) is 4.73. The zero-order valence-electron chi connectivity index (χ0n) is 15.4. The third kappa shape index (κ3) is 6.83. The lowest BCUT2D eigenvalue weighted by molar-refractivity contribution is -0.156. The molecule has 0 saturated carbocycles. The Balaban J connectivity index is 2.70. The number of esters is 1. The van der Waals surface area contributed by atoms with Gasteiger partial charge in [-0.05, 0) is 53.7 Å². The SMILES string of the molecule is Cc1ccc(S(=O)(=O)N[C@@H](C)C(=O)O[C@H](C)C(=O)NC(C)(C)C)cc1. The molecule has 0 radical (unpaired) electrons. The molecule has 0 aliphatic carbocycles. The first-order valence-electron chi connectivity index (χ1n) is 7.93. The Morgan fingerprint density at radius 1 is 1.08 bits per heavy atom. The maximum absolute atomic E-state index is 12.3. The molecule has 2 atom stereocenters. The van der Waals surface area contributed by atoms with E-state index in [0.29, 0.717) is 0 Å². The first-order chi connectivity index (χ1) is 11.3. The van der Waals surface area contributed by atoms with Gasteiger partial charge in [-0.3, -0.25) is 9.59 Å². The monoisotopic (exact) mass is 370 g/mol. The van der Waals surface area contributed by atoms with Gasteiger partial charge in [-0.15, -0.1) is 0 Å². The summed E-state index contributed by atoms with van der Waals surface area (Å²) >= 11 is 0. The van der Waals surface area contributed by atoms with Crippen LogP contribution in [0.1, 0.15) is 40.2 Å². The fraction of sp³-hybridized carbons (Fsp3) is 0.529. The molecule has 0 aliphatic rings. The van der Waals surface area contributed by atoms with Gasteiger partial charge in [-0.1, -0.05) is 17.7 Å². The van der Waals surface area contributed by atoms with E-state index in [2.05, 4.69) is 10.0 Å². The molecule has 1 aromatic rings. The number of ether oxygens (including phenoxy) is 1. The molecule has 7 nitrogen and oxygen atoms in total. The predicted octanol–water partition coefficient (Wildman–Crippen LogP) is 1.51. The van der Waals surface area contributed by atoms with Crippen LogP contribution in [0, 0.1) is 6.92 Å². The number of hydrogen-bond acceptors (Lipinski definition) is 5. The summed E-state index contributed by atoms with van der Waals surface area (Å²) in [4.78, 5) is 24.0. The van der Waals surface area contributed by atoms with Gasteiger partial charge in [0.05, 0.1) is 4.90 Å². The maximum Gasteiger partial charge on any atom is 0.324 e. The smallest absolute Gasteiger partial charge is 0.324 e. The molecule has 1 rings (SSSR count). The van der Waals surface area contributed by atoms with Gasteiger partial charge >= 0.3 is 5.97 Å². The summed E-state index contributed by atoms with van der Waals surface area (Å²) < 4.78 is 31.8. The number of amides is 1. The molecular weight excluding hydrogens is 344 g/mol. The van der Waals surface area contributed by atoms with Crippen LogP contribution in [-0.4, -0.2) is 38.0 Å². The van der Waals surface area contributed by atoms with Gasteiger partial charge in [0.15, 0.2) is 6.10 Å². The second-order valence-electron chi connectivity index (χ2n) is 6.97. The van der Waals surface area contributed by atoms with Crippen LogP contribution in [0.4, 0.5) is 0 Å². The van der Waals surface area contributed by atoms with Gasteiger partial charge in [-0.25, -0.2) is 8.42 Å². The summed E-state index contributed by atoms with van der Waals surface area (Å²) in [5.41, 5.74) is 0.459. The number of nitrogens with one attached hydrogen (secondary N) is 2. The lowest BCUT2D eigenvalue weighted by atomic mass is 10.1. The summed E-state index contributed by atoms with van der Waals surface area (Å²) in [6.07, 6.45) is -1.03. The van der Waals surface area contributed by atoms with Crippen molar-refractivity contribution in [1.82, 2.24) is 10.0 Å². The minimum atomic E-state index is -3.86. The number of sulfonamides is 1. The zero-order chi connectivity index (χ0) is 19.4. The molecule has 140 valence electrons. The molecule has 0 heterocycles. The Hall–Kier alpha value is -1.93. The first-order valence-corrected chi connectivity index (χ1v) is 9.41. The Bertz CT molecular complexity index is 720. The lowest BCUT2D eigenvalue weighted by Gasteiger charge is -2.24. The molecule has 0 unspecified atom stereocenters. The standard InChI is InChI=1S/C17H26N2O5S/c1-11-7-9-14(10-8-11)25(22,23)19-12(2)16(21)24-13(3)15(20)18-17(4,5)6/h7-10,12-13,19H,1-6H3,(H,18,20)/t12-,13+/m0/s1. The van der Waals surface area contributed by atoms with E-state index in [1.165, 1.54) is 26.0 Å². The molecule has 8 heteroatoms. The van der Waals surface area contributed by atoms with E-state index in [1.54, 1.807) is 32.9 Å². The summed E-state index contributed by atoms with van der Waals surface area (Å²) in [6.45, 7) is 10.0. The summed E-state index contributed by atoms with van der Waals surface area (Å²) in [5.74, 6) is -1.28. The molecule has 1 aromatic carbocycles. The Labute approximate surface area is 149 Å². The van der Waals surface area contributed by atoms with Crippen molar-refractivity contribution in [3.63, 3.8) is 0 Å². The highest BCUT2D eigenvalue weighted by Crippen LogP contribution is 2.11. The fourth-order valence-corrected chi connectivity index (χ4v) is 3.06. The zero-order valence-corrected chi connectivity index (χ0v) is 16.2. The van der Waals surface area contributed by atoms with Crippen molar-refractivity contribution in [3.05, 3.63) is 29.8 Å². The van der Waals surface area contributed by atoms with Gasteiger partial charge in [0.1, 0.15) is 6.04 Å². The van der Waals surface area contributed by atoms with Gasteiger partial charge in [-0.2, -0.15) is 4.72 Å². The van der Waals surface area contributed by atoms with Crippen molar-refractivity contribution in [3.8, 4) is 0 Å². The molecule has 0 aliphatic heterocycles. The fourth-order valence-electron chi connectivity index (χ4n) is 1.87. The highest BCUT2D eigenvalue weighted by molar-refractivity contribution is 7.89. The van der Waals surface area contributed by atoms with E-state index in [1.807, 2.05) is 6.92 Å². The second kappa shape index (κ2) is 7.97. The van der Waals surface area contributed by atoms with Gasteiger partial charge in [0, 0.05) is 5.54 Å². The van der Waals surface area contributed by atoms with Crippen LogP contribution >= 0.6 is 0 Å². The van der Waals surface area contributed by atoms with Gasteiger partial charge in [0.25, 0.3) is 5.91 Å². The average molecular weight is 370 g/mol. The minimum Gasteiger partial charge on any atom is -0.451 e. The molecule has 25 heavy (non-hydrogen) atoms. The summed E-state index contributed by atoms with van der Waals surface area (Å²) in [5, 5.41) is 2.69. The largest absolute Gasteiger partial charge is 0.451 e. The Kier molecular flexibility index (Phi) is 6.73. The number of aryl methyl sites for hydroxylation is 1. The number of rotatable bonds is 6. The van der Waals surface area contributed by atoms with Crippen LogP contribution in [0.5, 0.6) is 0 Å². The van der Waals surface area contributed by atoms with Crippen LogP contribution in [0.25, 0.3) is 0 Å². The van der Waals surface area contributed by atoms with E-state index in [0.717, 1.165) is 5.56 Å². The normalized spacial score (nSPS) is 14.5. The molecule has 0 fully saturated rings. The quantitative estimate of drug-likeness (QED) is 0.739. The van der Waals surface area contributed by atoms with Crippen LogP contribution < -0.4 is 10.0 Å². The predicted molar refractivity (Wildman–Crippen MR) is 94.4 cm³/mol. The molecular formula is C17H26N2O5S. The molecule has 0 saturated heterocycles. The van der Waals surface area contributed by atoms with Crippen molar-refractivity contribution < 1.29 is 22.7 Å². The highest BCUT2D eigenvalue weighted by Gasteiger charge is 2.27. The van der Waals surface area contributed by atoms with E-state index >= 15 is 0 Å². The van der Waals surface area contributed by atoms with Crippen molar-refractivity contribution >= 4 is 21.9 Å². The van der Waals surface area contributed by atoms with Crippen molar-refractivity contribution in [2.24, 2.45) is 0 Å². The van der Waals surface area contributed by atoms with Crippen LogP contribution in [0.15, 0.2) is 29.2 Å². The van der Waals surface area contributed by atoms with Gasteiger partial charge in [0.2, 0.25) is 10.0 Å². The maximum atomic E-state index is 12.3. The van der Waals surface area contributed by atoms with Crippen molar-refractivity contribution in [2.75, 3.05) is 0 Å². The Morgan fingerprint density at radius 3 is 2.08 bits per heavy atom. The van der Waals surface area contributed by atoms with E-state index in [4.69, 9.17) is 4.74 Å². The molecule has 2 N–H and O–H groups in total. The molecule has 1 amide bonds. The van der Waals surface area contributed by atoms with Crippen molar-refractivity contribution in [2.45, 2.75) is 64.1 Å². The number of benzene rings is 1. The lowest BCUT2D eigenvalue weighted by Crippen LogP contribution is -2.48.